The monoisotopic (exact) mass is 520 g/mol. The molecule has 2 unspecified atom stereocenters. The SMILES string of the molecule is CNC(=O)OCC1(c2ccccc2)CCn2c(nnc2C(COCc2ccccc2)NC(=O)C(C)(C)N)C1. The van der Waals surface area contributed by atoms with Gasteiger partial charge in [-0.2, -0.15) is 0 Å². The molecule has 1 aliphatic rings. The minimum Gasteiger partial charge on any atom is -0.449 e. The highest BCUT2D eigenvalue weighted by atomic mass is 16.5. The molecule has 3 aromatic rings. The van der Waals surface area contributed by atoms with Crippen LogP contribution in [0.1, 0.15) is 49.1 Å². The van der Waals surface area contributed by atoms with Crippen molar-refractivity contribution in [2.45, 2.75) is 56.8 Å². The molecule has 202 valence electrons. The number of hydrogen-bond acceptors (Lipinski definition) is 7. The molecular weight excluding hydrogens is 484 g/mol. The molecule has 0 aliphatic carbocycles. The number of ether oxygens (including phenoxy) is 2. The van der Waals surface area contributed by atoms with E-state index in [4.69, 9.17) is 15.2 Å². The molecule has 0 saturated carbocycles. The van der Waals surface area contributed by atoms with Gasteiger partial charge in [0.05, 0.1) is 18.8 Å². The van der Waals surface area contributed by atoms with Crippen LogP contribution < -0.4 is 16.4 Å². The molecule has 2 aromatic carbocycles. The van der Waals surface area contributed by atoms with Gasteiger partial charge in [-0.3, -0.25) is 4.79 Å². The number of hydrogen-bond donors (Lipinski definition) is 3. The lowest BCUT2D eigenvalue weighted by Gasteiger charge is -2.37. The molecule has 4 rings (SSSR count). The van der Waals surface area contributed by atoms with Gasteiger partial charge in [-0.05, 0) is 31.4 Å². The number of rotatable bonds is 10. The number of carbonyl (C=O) groups excluding carboxylic acids is 2. The van der Waals surface area contributed by atoms with Gasteiger partial charge in [-0.15, -0.1) is 10.2 Å². The summed E-state index contributed by atoms with van der Waals surface area (Å²) in [5.41, 5.74) is 6.65. The van der Waals surface area contributed by atoms with Crippen molar-refractivity contribution in [1.29, 1.82) is 0 Å². The molecule has 0 fully saturated rings. The van der Waals surface area contributed by atoms with E-state index in [1.54, 1.807) is 13.8 Å². The number of aromatic nitrogens is 3. The molecule has 2 heterocycles. The molecule has 0 radical (unpaired) electrons. The number of carbonyl (C=O) groups is 2. The molecule has 2 atom stereocenters. The van der Waals surface area contributed by atoms with Crippen LogP contribution in [0.5, 0.6) is 0 Å². The highest BCUT2D eigenvalue weighted by molar-refractivity contribution is 5.85. The Morgan fingerprint density at radius 2 is 1.79 bits per heavy atom. The van der Waals surface area contributed by atoms with Crippen LogP contribution in [0.25, 0.3) is 0 Å². The van der Waals surface area contributed by atoms with Crippen LogP contribution in [0.4, 0.5) is 4.79 Å². The van der Waals surface area contributed by atoms with Crippen molar-refractivity contribution >= 4 is 12.0 Å². The van der Waals surface area contributed by atoms with Crippen LogP contribution in [-0.4, -0.2) is 52.6 Å². The normalized spacial score (nSPS) is 17.8. The summed E-state index contributed by atoms with van der Waals surface area (Å²) in [5, 5.41) is 14.5. The fourth-order valence-corrected chi connectivity index (χ4v) is 4.61. The summed E-state index contributed by atoms with van der Waals surface area (Å²) in [6.45, 7) is 4.71. The summed E-state index contributed by atoms with van der Waals surface area (Å²) < 4.78 is 13.6. The van der Waals surface area contributed by atoms with Crippen LogP contribution >= 0.6 is 0 Å². The van der Waals surface area contributed by atoms with Gasteiger partial charge in [0.15, 0.2) is 5.82 Å². The van der Waals surface area contributed by atoms with E-state index in [0.29, 0.717) is 31.8 Å². The molecule has 38 heavy (non-hydrogen) atoms. The zero-order chi connectivity index (χ0) is 27.2. The zero-order valence-corrected chi connectivity index (χ0v) is 22.1. The van der Waals surface area contributed by atoms with Crippen molar-refractivity contribution in [3.8, 4) is 0 Å². The molecule has 0 saturated heterocycles. The first-order valence-electron chi connectivity index (χ1n) is 12.8. The standard InChI is InChI=1S/C28H36N6O4/c1-27(2,29)25(35)31-22(18-37-17-20-10-6-4-7-11-20)24-33-32-23-16-28(14-15-34(23)24,19-38-26(36)30-3)21-12-8-5-9-13-21/h4-13,22H,14-19,29H2,1-3H3,(H,30,36)(H,31,35). The largest absolute Gasteiger partial charge is 0.449 e. The van der Waals surface area contributed by atoms with Gasteiger partial charge in [-0.25, -0.2) is 4.79 Å². The molecule has 10 nitrogen and oxygen atoms in total. The molecule has 0 spiro atoms. The first kappa shape index (κ1) is 27.3. The average molecular weight is 521 g/mol. The highest BCUT2D eigenvalue weighted by Gasteiger charge is 2.40. The maximum atomic E-state index is 12.8. The van der Waals surface area contributed by atoms with Gasteiger partial charge in [0, 0.05) is 25.4 Å². The van der Waals surface area contributed by atoms with Crippen LogP contribution in [0.2, 0.25) is 0 Å². The fraction of sp³-hybridized carbons (Fsp3) is 0.429. The first-order chi connectivity index (χ1) is 18.2. The summed E-state index contributed by atoms with van der Waals surface area (Å²) in [6.07, 6.45) is 0.741. The van der Waals surface area contributed by atoms with Gasteiger partial charge in [0.2, 0.25) is 5.91 Å². The van der Waals surface area contributed by atoms with Crippen molar-refractivity contribution in [2.75, 3.05) is 20.3 Å². The Bertz CT molecular complexity index is 1230. The maximum absolute atomic E-state index is 12.8. The second kappa shape index (κ2) is 11.7. The van der Waals surface area contributed by atoms with Gasteiger partial charge in [-0.1, -0.05) is 60.7 Å². The Morgan fingerprint density at radius 3 is 2.45 bits per heavy atom. The lowest BCUT2D eigenvalue weighted by Crippen LogP contribution is -2.51. The summed E-state index contributed by atoms with van der Waals surface area (Å²) in [5.74, 6) is 1.06. The number of alkyl carbamates (subject to hydrolysis) is 1. The lowest BCUT2D eigenvalue weighted by atomic mass is 9.73. The minimum absolute atomic E-state index is 0.207. The predicted octanol–water partition coefficient (Wildman–Crippen LogP) is 2.63. The van der Waals surface area contributed by atoms with Crippen LogP contribution in [0.15, 0.2) is 60.7 Å². The molecular formula is C28H36N6O4. The Morgan fingerprint density at radius 1 is 1.11 bits per heavy atom. The summed E-state index contributed by atoms with van der Waals surface area (Å²) >= 11 is 0. The Hall–Kier alpha value is -3.76. The number of nitrogens with two attached hydrogens (primary N) is 1. The highest BCUT2D eigenvalue weighted by Crippen LogP contribution is 2.37. The van der Waals surface area contributed by atoms with Gasteiger partial charge >= 0.3 is 6.09 Å². The van der Waals surface area contributed by atoms with Gasteiger partial charge in [0.1, 0.15) is 18.5 Å². The van der Waals surface area contributed by atoms with Gasteiger partial charge in [0.25, 0.3) is 0 Å². The van der Waals surface area contributed by atoms with Crippen molar-refractivity contribution in [1.82, 2.24) is 25.4 Å². The molecule has 1 aromatic heterocycles. The number of nitrogens with zero attached hydrogens (tertiary/aromatic N) is 3. The van der Waals surface area contributed by atoms with E-state index in [0.717, 1.165) is 17.0 Å². The van der Waals surface area contributed by atoms with E-state index in [-0.39, 0.29) is 19.1 Å². The van der Waals surface area contributed by atoms with E-state index in [2.05, 4.69) is 20.8 Å². The summed E-state index contributed by atoms with van der Waals surface area (Å²) in [7, 11) is 1.54. The molecule has 1 aliphatic heterocycles. The van der Waals surface area contributed by atoms with Gasteiger partial charge < -0.3 is 30.4 Å². The van der Waals surface area contributed by atoms with Crippen LogP contribution in [0.3, 0.4) is 0 Å². The second-order valence-corrected chi connectivity index (χ2v) is 10.3. The van der Waals surface area contributed by atoms with Crippen molar-refractivity contribution in [2.24, 2.45) is 5.73 Å². The number of nitrogens with one attached hydrogen (secondary N) is 2. The zero-order valence-electron chi connectivity index (χ0n) is 22.1. The topological polar surface area (TPSA) is 133 Å². The molecule has 4 N–H and O–H groups in total. The molecule has 0 bridgehead atoms. The second-order valence-electron chi connectivity index (χ2n) is 10.3. The predicted molar refractivity (Wildman–Crippen MR) is 142 cm³/mol. The number of benzene rings is 2. The third-order valence-corrected chi connectivity index (χ3v) is 6.83. The molecule has 10 heteroatoms. The quantitative estimate of drug-likeness (QED) is 0.374. The number of fused-ring (bicyclic) bond motifs is 1. The Balaban J connectivity index is 1.58. The Kier molecular flexibility index (Phi) is 8.43. The smallest absolute Gasteiger partial charge is 0.406 e. The third-order valence-electron chi connectivity index (χ3n) is 6.83. The fourth-order valence-electron chi connectivity index (χ4n) is 4.61. The van der Waals surface area contributed by atoms with Crippen molar-refractivity contribution in [3.63, 3.8) is 0 Å². The Labute approximate surface area is 222 Å². The maximum Gasteiger partial charge on any atom is 0.406 e. The van der Waals surface area contributed by atoms with E-state index < -0.39 is 23.1 Å². The van der Waals surface area contributed by atoms with E-state index in [1.807, 2.05) is 65.2 Å². The van der Waals surface area contributed by atoms with Crippen LogP contribution in [0, 0.1) is 0 Å². The molecule has 2 amide bonds. The van der Waals surface area contributed by atoms with Crippen molar-refractivity contribution < 1.29 is 19.1 Å². The number of amides is 2. The summed E-state index contributed by atoms with van der Waals surface area (Å²) in [4.78, 5) is 24.8. The van der Waals surface area contributed by atoms with Crippen LogP contribution in [-0.2, 0) is 39.3 Å². The minimum atomic E-state index is -1.07. The first-order valence-corrected chi connectivity index (χ1v) is 12.8. The van der Waals surface area contributed by atoms with E-state index >= 15 is 0 Å². The van der Waals surface area contributed by atoms with E-state index in [1.165, 1.54) is 7.05 Å². The lowest BCUT2D eigenvalue weighted by molar-refractivity contribution is -0.126. The average Bonchev–Trinajstić information content (AvgIpc) is 3.34. The summed E-state index contributed by atoms with van der Waals surface area (Å²) in [6, 6.07) is 19.3. The van der Waals surface area contributed by atoms with Crippen molar-refractivity contribution in [3.05, 3.63) is 83.4 Å². The third kappa shape index (κ3) is 6.38. The van der Waals surface area contributed by atoms with E-state index in [9.17, 15) is 9.59 Å².